The molecule has 0 fully saturated rings. The Morgan fingerprint density at radius 3 is 1.63 bits per heavy atom. The molecule has 27 heavy (non-hydrogen) atoms. The lowest BCUT2D eigenvalue weighted by Gasteiger charge is -2.20. The molecule has 0 amide bonds. The molecule has 0 atom stereocenters. The lowest BCUT2D eigenvalue weighted by molar-refractivity contribution is -0.166. The van der Waals surface area contributed by atoms with Crippen molar-refractivity contribution in [2.24, 2.45) is 10.8 Å². The summed E-state index contributed by atoms with van der Waals surface area (Å²) < 4.78 is 24.8. The van der Waals surface area contributed by atoms with Gasteiger partial charge in [0.25, 0.3) is 0 Å². The van der Waals surface area contributed by atoms with Gasteiger partial charge in [-0.3, -0.25) is 9.59 Å². The number of esters is 2. The Labute approximate surface area is 165 Å². The van der Waals surface area contributed by atoms with E-state index in [1.165, 1.54) is 0 Å². The molecule has 0 rings (SSSR count). The molecule has 0 heterocycles. The van der Waals surface area contributed by atoms with E-state index in [0.29, 0.717) is 33.0 Å². The van der Waals surface area contributed by atoms with Crippen molar-refractivity contribution in [1.82, 2.24) is 0 Å². The van der Waals surface area contributed by atoms with Crippen molar-refractivity contribution in [2.45, 2.75) is 61.3 Å². The van der Waals surface area contributed by atoms with Gasteiger partial charge in [0.15, 0.2) is 6.79 Å². The lowest BCUT2D eigenvalue weighted by Crippen LogP contribution is -2.27. The summed E-state index contributed by atoms with van der Waals surface area (Å²) >= 11 is 0. The first kappa shape index (κ1) is 28.0. The zero-order valence-electron chi connectivity index (χ0n) is 18.5. The Bertz CT molecular complexity index is 392. The third-order valence-electron chi connectivity index (χ3n) is 4.24. The van der Waals surface area contributed by atoms with E-state index in [1.807, 2.05) is 48.5 Å². The third kappa shape index (κ3) is 14.5. The lowest BCUT2D eigenvalue weighted by atomic mass is 9.91. The highest BCUT2D eigenvalue weighted by molar-refractivity contribution is 5.76. The molecule has 0 aliphatic carbocycles. The normalized spacial score (nSPS) is 11.4. The summed E-state index contributed by atoms with van der Waals surface area (Å²) in [6.45, 7) is 15.7. The molecular weight excluding hydrogens is 352 g/mol. The van der Waals surface area contributed by atoms with Crippen LogP contribution in [0.2, 0.25) is 0 Å². The van der Waals surface area contributed by atoms with Crippen molar-refractivity contribution in [3.05, 3.63) is 0 Å². The van der Waals surface area contributed by atoms with Gasteiger partial charge in [0.1, 0.15) is 6.61 Å². The maximum Gasteiger partial charge on any atom is 0.313 e. The van der Waals surface area contributed by atoms with Gasteiger partial charge in [0, 0.05) is 13.7 Å². The maximum absolute atomic E-state index is 11.5. The number of methoxy groups -OCH3 is 1. The van der Waals surface area contributed by atoms with E-state index in [-0.39, 0.29) is 18.7 Å². The number of hydrogen-bond donors (Lipinski definition) is 0. The fraction of sp³-hybridized carbons (Fsp3) is 0.900. The molecule has 0 N–H and O–H groups in total. The zero-order valence-corrected chi connectivity index (χ0v) is 18.5. The summed E-state index contributed by atoms with van der Waals surface area (Å²) in [5, 5.41) is 0. The van der Waals surface area contributed by atoms with Gasteiger partial charge in [-0.05, 0) is 47.5 Å². The standard InChI is InChI=1S/C11H22O4.C9H18O3/c1-5-11(2,3)10(12)15-9-8-14-7-6-13-4;1-5-9(3,4)8(10)12-7-11-6-2/h5-9H2,1-4H3;5-7H2,1-4H3. The number of hydrogen-bond acceptors (Lipinski definition) is 7. The summed E-state index contributed by atoms with van der Waals surface area (Å²) in [7, 11) is 1.62. The first-order valence-corrected chi connectivity index (χ1v) is 9.57. The molecular formula is C20H40O7. The summed E-state index contributed by atoms with van der Waals surface area (Å²) in [6.07, 6.45) is 1.55. The second-order valence-electron chi connectivity index (χ2n) is 7.26. The topological polar surface area (TPSA) is 80.3 Å². The zero-order chi connectivity index (χ0) is 21.3. The van der Waals surface area contributed by atoms with Crippen molar-refractivity contribution in [1.29, 1.82) is 0 Å². The molecule has 7 heteroatoms. The van der Waals surface area contributed by atoms with Crippen LogP contribution >= 0.6 is 0 Å². The first-order chi connectivity index (χ1) is 12.6. The third-order valence-corrected chi connectivity index (χ3v) is 4.24. The monoisotopic (exact) mass is 392 g/mol. The molecule has 0 aromatic rings. The first-order valence-electron chi connectivity index (χ1n) is 9.57. The van der Waals surface area contributed by atoms with Crippen LogP contribution in [0.15, 0.2) is 0 Å². The second-order valence-corrected chi connectivity index (χ2v) is 7.26. The average molecular weight is 393 g/mol. The molecule has 0 spiro atoms. The number of carbonyl (C=O) groups excluding carboxylic acids is 2. The molecule has 0 saturated heterocycles. The van der Waals surface area contributed by atoms with Crippen molar-refractivity contribution in [3.63, 3.8) is 0 Å². The van der Waals surface area contributed by atoms with Crippen LogP contribution in [0.3, 0.4) is 0 Å². The van der Waals surface area contributed by atoms with Crippen LogP contribution in [-0.2, 0) is 33.3 Å². The summed E-state index contributed by atoms with van der Waals surface area (Å²) in [4.78, 5) is 22.8. The van der Waals surface area contributed by atoms with Crippen molar-refractivity contribution in [3.8, 4) is 0 Å². The smallest absolute Gasteiger partial charge is 0.313 e. The van der Waals surface area contributed by atoms with Crippen molar-refractivity contribution >= 4 is 11.9 Å². The van der Waals surface area contributed by atoms with Crippen LogP contribution in [-0.4, -0.2) is 58.9 Å². The van der Waals surface area contributed by atoms with Gasteiger partial charge in [-0.15, -0.1) is 0 Å². The highest BCUT2D eigenvalue weighted by Gasteiger charge is 2.27. The van der Waals surface area contributed by atoms with E-state index in [1.54, 1.807) is 7.11 Å². The largest absolute Gasteiger partial charge is 0.463 e. The van der Waals surface area contributed by atoms with Crippen LogP contribution in [0.25, 0.3) is 0 Å². The summed E-state index contributed by atoms with van der Waals surface area (Å²) in [5.41, 5.74) is -0.788. The molecule has 0 saturated carbocycles. The van der Waals surface area contributed by atoms with E-state index < -0.39 is 10.8 Å². The quantitative estimate of drug-likeness (QED) is 0.269. The van der Waals surface area contributed by atoms with Gasteiger partial charge >= 0.3 is 11.9 Å². The van der Waals surface area contributed by atoms with Crippen molar-refractivity contribution in [2.75, 3.05) is 46.9 Å². The summed E-state index contributed by atoms with van der Waals surface area (Å²) in [6, 6.07) is 0. The highest BCUT2D eigenvalue weighted by Crippen LogP contribution is 2.21. The molecule has 0 aromatic carbocycles. The van der Waals surface area contributed by atoms with Gasteiger partial charge in [0.2, 0.25) is 0 Å². The van der Waals surface area contributed by atoms with Crippen LogP contribution in [0.1, 0.15) is 61.3 Å². The van der Waals surface area contributed by atoms with Gasteiger partial charge < -0.3 is 23.7 Å². The van der Waals surface area contributed by atoms with E-state index >= 15 is 0 Å². The Morgan fingerprint density at radius 1 is 0.704 bits per heavy atom. The Kier molecular flexibility index (Phi) is 16.4. The number of rotatable bonds is 13. The molecule has 0 aromatic heterocycles. The molecule has 0 bridgehead atoms. The fourth-order valence-electron chi connectivity index (χ4n) is 1.30. The Balaban J connectivity index is 0. The maximum atomic E-state index is 11.5. The molecule has 162 valence electrons. The minimum Gasteiger partial charge on any atom is -0.463 e. The molecule has 0 unspecified atom stereocenters. The highest BCUT2D eigenvalue weighted by atomic mass is 16.7. The molecule has 0 radical (unpaired) electrons. The summed E-state index contributed by atoms with van der Waals surface area (Å²) in [5.74, 6) is -0.362. The van der Waals surface area contributed by atoms with Gasteiger partial charge in [-0.1, -0.05) is 13.8 Å². The van der Waals surface area contributed by atoms with Crippen LogP contribution in [0.4, 0.5) is 0 Å². The molecule has 0 aliphatic heterocycles. The number of ether oxygens (including phenoxy) is 5. The molecule has 0 aliphatic rings. The van der Waals surface area contributed by atoms with Gasteiger partial charge in [-0.25, -0.2) is 0 Å². The van der Waals surface area contributed by atoms with Crippen LogP contribution in [0.5, 0.6) is 0 Å². The van der Waals surface area contributed by atoms with Crippen molar-refractivity contribution < 1.29 is 33.3 Å². The van der Waals surface area contributed by atoms with E-state index in [4.69, 9.17) is 23.7 Å². The van der Waals surface area contributed by atoms with E-state index in [9.17, 15) is 9.59 Å². The average Bonchev–Trinajstić information content (AvgIpc) is 2.64. The van der Waals surface area contributed by atoms with Crippen LogP contribution in [0, 0.1) is 10.8 Å². The van der Waals surface area contributed by atoms with E-state index in [0.717, 1.165) is 12.8 Å². The minimum absolute atomic E-state index is 0.0682. The van der Waals surface area contributed by atoms with Crippen LogP contribution < -0.4 is 0 Å². The number of carbonyl (C=O) groups is 2. The Morgan fingerprint density at radius 2 is 1.19 bits per heavy atom. The van der Waals surface area contributed by atoms with E-state index in [2.05, 4.69) is 0 Å². The van der Waals surface area contributed by atoms with Gasteiger partial charge in [-0.2, -0.15) is 0 Å². The second kappa shape index (κ2) is 15.8. The Hall–Kier alpha value is -1.18. The minimum atomic E-state index is -0.396. The predicted molar refractivity (Wildman–Crippen MR) is 104 cm³/mol. The molecule has 7 nitrogen and oxygen atoms in total. The fourth-order valence-corrected chi connectivity index (χ4v) is 1.30. The van der Waals surface area contributed by atoms with Gasteiger partial charge in [0.05, 0.1) is 30.7 Å². The predicted octanol–water partition coefficient (Wildman–Crippen LogP) is 3.59. The SMILES string of the molecule is CCC(C)(C)C(=O)OCCOCCOC.CCOCOC(=O)C(C)(C)CC.